The highest BCUT2D eigenvalue weighted by Crippen LogP contribution is 2.13. The third-order valence-electron chi connectivity index (χ3n) is 2.10. The topological polar surface area (TPSA) is 29.5 Å². The van der Waals surface area contributed by atoms with Crippen molar-refractivity contribution in [3.63, 3.8) is 0 Å². The van der Waals surface area contributed by atoms with Crippen LogP contribution < -0.4 is 0 Å². The highest BCUT2D eigenvalue weighted by Gasteiger charge is 1.95. The van der Waals surface area contributed by atoms with Crippen molar-refractivity contribution in [3.05, 3.63) is 35.4 Å². The van der Waals surface area contributed by atoms with Crippen LogP contribution in [0.25, 0.3) is 0 Å². The molecule has 1 aromatic carbocycles. The Bertz CT molecular complexity index is 379. The largest absolute Gasteiger partial charge is 0.395 e. The summed E-state index contributed by atoms with van der Waals surface area (Å²) in [5.74, 6) is 7.97. The molecule has 0 aliphatic heterocycles. The van der Waals surface area contributed by atoms with E-state index in [1.807, 2.05) is 23.9 Å². The predicted molar refractivity (Wildman–Crippen MR) is 73.1 cm³/mol. The van der Waals surface area contributed by atoms with E-state index in [0.717, 1.165) is 23.7 Å². The van der Waals surface area contributed by atoms with Crippen molar-refractivity contribution in [1.82, 2.24) is 0 Å². The molecule has 92 valence electrons. The average molecular weight is 250 g/mol. The summed E-state index contributed by atoms with van der Waals surface area (Å²) in [6.07, 6.45) is 0.535. The second-order valence-electron chi connectivity index (χ2n) is 3.52. The quantitative estimate of drug-likeness (QED) is 0.620. The molecule has 1 rings (SSSR count). The fraction of sp³-hybridized carbons (Fsp3) is 0.429. The molecule has 17 heavy (non-hydrogen) atoms. The summed E-state index contributed by atoms with van der Waals surface area (Å²) in [4.78, 5) is 0. The maximum atomic E-state index is 8.65. The van der Waals surface area contributed by atoms with E-state index < -0.39 is 0 Å². The fourth-order valence-electron chi connectivity index (χ4n) is 1.29. The first-order valence-corrected chi connectivity index (χ1v) is 6.77. The maximum absolute atomic E-state index is 8.65. The lowest BCUT2D eigenvalue weighted by Crippen LogP contribution is -1.92. The van der Waals surface area contributed by atoms with Crippen LogP contribution in [0, 0.1) is 11.8 Å². The van der Waals surface area contributed by atoms with E-state index in [9.17, 15) is 0 Å². The smallest absolute Gasteiger partial charge is 0.0553 e. The highest BCUT2D eigenvalue weighted by molar-refractivity contribution is 7.98. The summed E-state index contributed by atoms with van der Waals surface area (Å²) in [5, 5.41) is 8.65. The van der Waals surface area contributed by atoms with Gasteiger partial charge in [-0.05, 0) is 17.7 Å². The molecule has 0 amide bonds. The van der Waals surface area contributed by atoms with Gasteiger partial charge in [0.2, 0.25) is 0 Å². The summed E-state index contributed by atoms with van der Waals surface area (Å²) in [6, 6.07) is 8.23. The number of aliphatic hydroxyl groups is 1. The van der Waals surface area contributed by atoms with Gasteiger partial charge >= 0.3 is 0 Å². The van der Waals surface area contributed by atoms with E-state index in [1.54, 1.807) is 7.11 Å². The number of rotatable bonds is 6. The number of methoxy groups -OCH3 is 1. The fourth-order valence-corrected chi connectivity index (χ4v) is 2.14. The van der Waals surface area contributed by atoms with Gasteiger partial charge < -0.3 is 9.84 Å². The number of thioether (sulfide) groups is 1. The Morgan fingerprint density at radius 1 is 1.41 bits per heavy atom. The van der Waals surface area contributed by atoms with Crippen LogP contribution in [0.15, 0.2) is 24.3 Å². The Morgan fingerprint density at radius 3 is 3.06 bits per heavy atom. The lowest BCUT2D eigenvalue weighted by Gasteiger charge is -2.02. The van der Waals surface area contributed by atoms with Crippen molar-refractivity contribution in [3.8, 4) is 11.8 Å². The van der Waals surface area contributed by atoms with Crippen LogP contribution in [0.2, 0.25) is 0 Å². The summed E-state index contributed by atoms with van der Waals surface area (Å²) < 4.78 is 5.00. The van der Waals surface area contributed by atoms with Gasteiger partial charge in [-0.25, -0.2) is 0 Å². The number of aliphatic hydroxyl groups excluding tert-OH is 1. The maximum Gasteiger partial charge on any atom is 0.0553 e. The molecular formula is C14H18O2S. The van der Waals surface area contributed by atoms with Gasteiger partial charge in [0.15, 0.2) is 0 Å². The first-order chi connectivity index (χ1) is 8.36. The van der Waals surface area contributed by atoms with Gasteiger partial charge in [0.05, 0.1) is 13.2 Å². The van der Waals surface area contributed by atoms with Gasteiger partial charge in [0, 0.05) is 30.6 Å². The van der Waals surface area contributed by atoms with Gasteiger partial charge in [0.25, 0.3) is 0 Å². The summed E-state index contributed by atoms with van der Waals surface area (Å²) in [5.41, 5.74) is 2.30. The molecule has 0 aliphatic carbocycles. The molecule has 0 bridgehead atoms. The minimum absolute atomic E-state index is 0.125. The Hall–Kier alpha value is -0.950. The van der Waals surface area contributed by atoms with Crippen molar-refractivity contribution >= 4 is 11.8 Å². The molecule has 0 heterocycles. The van der Waals surface area contributed by atoms with E-state index in [-0.39, 0.29) is 6.61 Å². The molecule has 0 unspecified atom stereocenters. The van der Waals surface area contributed by atoms with E-state index in [0.29, 0.717) is 6.42 Å². The minimum atomic E-state index is 0.125. The molecule has 0 fully saturated rings. The average Bonchev–Trinajstić information content (AvgIpc) is 2.36. The van der Waals surface area contributed by atoms with Crippen molar-refractivity contribution in [1.29, 1.82) is 0 Å². The van der Waals surface area contributed by atoms with Crippen molar-refractivity contribution in [2.45, 2.75) is 12.2 Å². The third kappa shape index (κ3) is 6.38. The van der Waals surface area contributed by atoms with Crippen molar-refractivity contribution < 1.29 is 9.84 Å². The first kappa shape index (κ1) is 14.1. The van der Waals surface area contributed by atoms with E-state index >= 15 is 0 Å². The summed E-state index contributed by atoms with van der Waals surface area (Å²) >= 11 is 1.85. The van der Waals surface area contributed by atoms with Crippen molar-refractivity contribution in [2.24, 2.45) is 0 Å². The molecule has 0 saturated carbocycles. The van der Waals surface area contributed by atoms with Crippen molar-refractivity contribution in [2.75, 3.05) is 26.1 Å². The van der Waals surface area contributed by atoms with Gasteiger partial charge in [-0.1, -0.05) is 24.0 Å². The van der Waals surface area contributed by atoms with E-state index in [1.165, 1.54) is 5.56 Å². The normalized spacial score (nSPS) is 9.76. The number of benzene rings is 1. The SMILES string of the molecule is COCCSCc1cccc(C#CCCO)c1. The van der Waals surface area contributed by atoms with Crippen LogP contribution >= 0.6 is 11.8 Å². The van der Waals surface area contributed by atoms with Gasteiger partial charge in [0.1, 0.15) is 0 Å². The minimum Gasteiger partial charge on any atom is -0.395 e. The molecule has 0 aliphatic rings. The zero-order valence-electron chi connectivity index (χ0n) is 10.1. The second kappa shape index (κ2) is 9.12. The molecular weight excluding hydrogens is 232 g/mol. The molecule has 0 saturated heterocycles. The van der Waals surface area contributed by atoms with Gasteiger partial charge in [-0.2, -0.15) is 11.8 Å². The van der Waals surface area contributed by atoms with Crippen LogP contribution in [-0.2, 0) is 10.5 Å². The van der Waals surface area contributed by atoms with Crippen LogP contribution in [-0.4, -0.2) is 31.2 Å². The Balaban J connectivity index is 2.46. The molecule has 3 heteroatoms. The van der Waals surface area contributed by atoms with E-state index in [2.05, 4.69) is 24.0 Å². The molecule has 1 aromatic rings. The predicted octanol–water partition coefficient (Wildman–Crippen LogP) is 2.30. The lowest BCUT2D eigenvalue weighted by atomic mass is 10.1. The number of hydrogen-bond donors (Lipinski definition) is 1. The number of hydrogen-bond acceptors (Lipinski definition) is 3. The third-order valence-corrected chi connectivity index (χ3v) is 3.09. The zero-order chi connectivity index (χ0) is 12.3. The summed E-state index contributed by atoms with van der Waals surface area (Å²) in [6.45, 7) is 0.917. The zero-order valence-corrected chi connectivity index (χ0v) is 10.9. The molecule has 2 nitrogen and oxygen atoms in total. The summed E-state index contributed by atoms with van der Waals surface area (Å²) in [7, 11) is 1.72. The molecule has 0 spiro atoms. The monoisotopic (exact) mass is 250 g/mol. The standard InChI is InChI=1S/C14H18O2S/c1-16-9-10-17-12-14-7-4-6-13(11-14)5-2-3-8-15/h4,6-7,11,15H,3,8-10,12H2,1H3. The second-order valence-corrected chi connectivity index (χ2v) is 4.63. The first-order valence-electron chi connectivity index (χ1n) is 5.62. The molecule has 0 aromatic heterocycles. The lowest BCUT2D eigenvalue weighted by molar-refractivity contribution is 0.218. The van der Waals surface area contributed by atoms with Crippen LogP contribution in [0.5, 0.6) is 0 Å². The van der Waals surface area contributed by atoms with Gasteiger partial charge in [-0.15, -0.1) is 0 Å². The molecule has 1 N–H and O–H groups in total. The van der Waals surface area contributed by atoms with Crippen LogP contribution in [0.4, 0.5) is 0 Å². The van der Waals surface area contributed by atoms with Crippen LogP contribution in [0.3, 0.4) is 0 Å². The highest BCUT2D eigenvalue weighted by atomic mass is 32.2. The van der Waals surface area contributed by atoms with Crippen LogP contribution in [0.1, 0.15) is 17.5 Å². The molecule has 0 atom stereocenters. The Labute approximate surface area is 107 Å². The molecule has 0 radical (unpaired) electrons. The van der Waals surface area contributed by atoms with E-state index in [4.69, 9.17) is 9.84 Å². The number of ether oxygens (including phenoxy) is 1. The Morgan fingerprint density at radius 2 is 2.29 bits per heavy atom. The Kier molecular flexibility index (Phi) is 7.57. The van der Waals surface area contributed by atoms with Gasteiger partial charge in [-0.3, -0.25) is 0 Å².